The van der Waals surface area contributed by atoms with Crippen molar-refractivity contribution >= 4 is 0 Å². The molecular formula is C26H29F2NO. The van der Waals surface area contributed by atoms with Crippen molar-refractivity contribution in [2.24, 2.45) is 5.92 Å². The number of rotatable bonds is 4. The van der Waals surface area contributed by atoms with Crippen molar-refractivity contribution in [3.05, 3.63) is 78.4 Å². The van der Waals surface area contributed by atoms with Crippen molar-refractivity contribution in [2.45, 2.75) is 41.0 Å². The Bertz CT molecular complexity index is 947. The van der Waals surface area contributed by atoms with E-state index < -0.39 is 11.6 Å². The van der Waals surface area contributed by atoms with Gasteiger partial charge in [-0.3, -0.25) is 0 Å². The van der Waals surface area contributed by atoms with Gasteiger partial charge in [-0.1, -0.05) is 89.6 Å². The zero-order chi connectivity index (χ0) is 22.5. The van der Waals surface area contributed by atoms with Gasteiger partial charge >= 0.3 is 0 Å². The standard InChI is InChI=1S/C19H11F2NO.C5H12.C2H6/c20-17-11-16(14-8-4-5-9-19(14)23-12-22)18(21)10-15(17)13-6-2-1-3-7-13;1-4-5(2)3;1-2/h1-11H;5H,4H2,1-3H3;1-2H3. The van der Waals surface area contributed by atoms with E-state index in [0.717, 1.165) is 18.1 Å². The van der Waals surface area contributed by atoms with Crippen LogP contribution in [0.25, 0.3) is 22.3 Å². The summed E-state index contributed by atoms with van der Waals surface area (Å²) in [7, 11) is 0. The van der Waals surface area contributed by atoms with Crippen molar-refractivity contribution < 1.29 is 13.5 Å². The summed E-state index contributed by atoms with van der Waals surface area (Å²) in [5, 5.41) is 8.67. The average molecular weight is 410 g/mol. The van der Waals surface area contributed by atoms with Gasteiger partial charge in [-0.15, -0.1) is 5.26 Å². The summed E-state index contributed by atoms with van der Waals surface area (Å²) < 4.78 is 33.8. The Kier molecular flexibility index (Phi) is 10.9. The minimum atomic E-state index is -0.584. The van der Waals surface area contributed by atoms with Crippen LogP contribution in [0.3, 0.4) is 0 Å². The molecular weight excluding hydrogens is 380 g/mol. The second-order valence-corrected chi connectivity index (χ2v) is 6.67. The third kappa shape index (κ3) is 7.00. The van der Waals surface area contributed by atoms with Crippen LogP contribution < -0.4 is 4.74 Å². The molecule has 0 radical (unpaired) electrons. The van der Waals surface area contributed by atoms with Gasteiger partial charge in [0.05, 0.1) is 0 Å². The Morgan fingerprint density at radius 2 is 1.33 bits per heavy atom. The van der Waals surface area contributed by atoms with Crippen molar-refractivity contribution in [1.82, 2.24) is 0 Å². The molecule has 0 heterocycles. The molecule has 0 aliphatic rings. The number of benzene rings is 3. The lowest BCUT2D eigenvalue weighted by Crippen LogP contribution is -1.94. The molecule has 3 aromatic rings. The van der Waals surface area contributed by atoms with Gasteiger partial charge in [-0.2, -0.15) is 0 Å². The van der Waals surface area contributed by atoms with Crippen LogP contribution in [0.15, 0.2) is 66.7 Å². The summed E-state index contributed by atoms with van der Waals surface area (Å²) in [6.45, 7) is 10.6. The van der Waals surface area contributed by atoms with Crippen molar-refractivity contribution in [1.29, 1.82) is 5.26 Å². The fourth-order valence-electron chi connectivity index (χ4n) is 2.42. The van der Waals surface area contributed by atoms with Crippen LogP contribution in [-0.4, -0.2) is 0 Å². The highest BCUT2D eigenvalue weighted by atomic mass is 19.1. The summed E-state index contributed by atoms with van der Waals surface area (Å²) in [5.74, 6) is -0.0608. The van der Waals surface area contributed by atoms with E-state index in [1.165, 1.54) is 12.5 Å². The third-order valence-electron chi connectivity index (χ3n) is 4.29. The molecule has 3 rings (SSSR count). The van der Waals surface area contributed by atoms with Crippen LogP contribution in [0.2, 0.25) is 0 Å². The largest absolute Gasteiger partial charge is 0.387 e. The van der Waals surface area contributed by atoms with Gasteiger partial charge in [0.15, 0.2) is 0 Å². The summed E-state index contributed by atoms with van der Waals surface area (Å²) in [6.07, 6.45) is 2.85. The maximum atomic E-state index is 14.5. The van der Waals surface area contributed by atoms with E-state index in [1.807, 2.05) is 19.9 Å². The zero-order valence-corrected chi connectivity index (χ0v) is 18.2. The topological polar surface area (TPSA) is 33.0 Å². The molecule has 158 valence electrons. The van der Waals surface area contributed by atoms with E-state index >= 15 is 0 Å². The quantitative estimate of drug-likeness (QED) is 0.406. The van der Waals surface area contributed by atoms with Crippen LogP contribution >= 0.6 is 0 Å². The van der Waals surface area contributed by atoms with Crippen LogP contribution in [0.1, 0.15) is 41.0 Å². The van der Waals surface area contributed by atoms with Gasteiger partial charge in [-0.25, -0.2) is 8.78 Å². The van der Waals surface area contributed by atoms with E-state index in [-0.39, 0.29) is 16.9 Å². The van der Waals surface area contributed by atoms with Gasteiger partial charge in [0, 0.05) is 16.7 Å². The molecule has 0 fully saturated rings. The first kappa shape index (κ1) is 24.8. The number of hydrogen-bond donors (Lipinski definition) is 0. The normalized spacial score (nSPS) is 9.57. The molecule has 0 saturated carbocycles. The van der Waals surface area contributed by atoms with Crippen LogP contribution in [0.5, 0.6) is 5.75 Å². The van der Waals surface area contributed by atoms with Crippen molar-refractivity contribution in [2.75, 3.05) is 0 Å². The first-order valence-corrected chi connectivity index (χ1v) is 10.2. The van der Waals surface area contributed by atoms with E-state index in [0.29, 0.717) is 11.1 Å². The first-order valence-electron chi connectivity index (χ1n) is 10.2. The molecule has 0 atom stereocenters. The molecule has 0 saturated heterocycles. The average Bonchev–Trinajstić information content (AvgIpc) is 2.78. The molecule has 2 nitrogen and oxygen atoms in total. The van der Waals surface area contributed by atoms with E-state index in [9.17, 15) is 8.78 Å². The van der Waals surface area contributed by atoms with E-state index in [4.69, 9.17) is 10.00 Å². The number of nitrogens with zero attached hydrogens (tertiary/aromatic N) is 1. The van der Waals surface area contributed by atoms with Crippen molar-refractivity contribution in [3.63, 3.8) is 0 Å². The number of ether oxygens (including phenoxy) is 1. The predicted molar refractivity (Wildman–Crippen MR) is 120 cm³/mol. The first-order chi connectivity index (χ1) is 14.5. The number of hydrogen-bond acceptors (Lipinski definition) is 2. The summed E-state index contributed by atoms with van der Waals surface area (Å²) in [5.41, 5.74) is 1.15. The molecule has 0 aromatic heterocycles. The lowest BCUT2D eigenvalue weighted by molar-refractivity contribution is 0.508. The number of nitriles is 1. The second kappa shape index (κ2) is 13.1. The summed E-state index contributed by atoms with van der Waals surface area (Å²) in [4.78, 5) is 0. The number of halogens is 2. The van der Waals surface area contributed by atoms with E-state index in [2.05, 4.69) is 20.8 Å². The molecule has 0 spiro atoms. The Hall–Kier alpha value is -3.19. The zero-order valence-electron chi connectivity index (χ0n) is 18.2. The summed E-state index contributed by atoms with van der Waals surface area (Å²) >= 11 is 0. The molecule has 0 unspecified atom stereocenters. The Morgan fingerprint density at radius 1 is 0.833 bits per heavy atom. The minimum absolute atomic E-state index is 0.0491. The Labute approximate surface area is 178 Å². The molecule has 30 heavy (non-hydrogen) atoms. The molecule has 0 aliphatic heterocycles. The fraction of sp³-hybridized carbons (Fsp3) is 0.269. The summed E-state index contributed by atoms with van der Waals surface area (Å²) in [6, 6.07) is 17.5. The van der Waals surface area contributed by atoms with Gasteiger partial charge in [0.2, 0.25) is 0 Å². The van der Waals surface area contributed by atoms with Crippen LogP contribution in [-0.2, 0) is 0 Å². The highest BCUT2D eigenvalue weighted by molar-refractivity contribution is 5.75. The fourth-order valence-corrected chi connectivity index (χ4v) is 2.42. The second-order valence-electron chi connectivity index (χ2n) is 6.67. The van der Waals surface area contributed by atoms with Gasteiger partial charge in [-0.05, 0) is 29.7 Å². The number of para-hydroxylation sites is 1. The van der Waals surface area contributed by atoms with Crippen LogP contribution in [0, 0.1) is 29.1 Å². The predicted octanol–water partition coefficient (Wildman–Crippen LogP) is 8.24. The lowest BCUT2D eigenvalue weighted by Gasteiger charge is -2.10. The molecule has 4 heteroatoms. The maximum Gasteiger partial charge on any atom is 0.292 e. The molecule has 3 aromatic carbocycles. The van der Waals surface area contributed by atoms with Crippen LogP contribution in [0.4, 0.5) is 8.78 Å². The minimum Gasteiger partial charge on any atom is -0.387 e. The van der Waals surface area contributed by atoms with Crippen molar-refractivity contribution in [3.8, 4) is 34.3 Å². The highest BCUT2D eigenvalue weighted by Crippen LogP contribution is 2.35. The third-order valence-corrected chi connectivity index (χ3v) is 4.29. The molecule has 0 aliphatic carbocycles. The smallest absolute Gasteiger partial charge is 0.292 e. The van der Waals surface area contributed by atoms with Gasteiger partial charge in [0.1, 0.15) is 17.4 Å². The molecule has 0 N–H and O–H groups in total. The van der Waals surface area contributed by atoms with Gasteiger partial charge in [0.25, 0.3) is 6.26 Å². The highest BCUT2D eigenvalue weighted by Gasteiger charge is 2.16. The Balaban J connectivity index is 0.000000565. The Morgan fingerprint density at radius 3 is 1.90 bits per heavy atom. The lowest BCUT2D eigenvalue weighted by atomic mass is 9.98. The van der Waals surface area contributed by atoms with Gasteiger partial charge < -0.3 is 4.74 Å². The SMILES string of the molecule is CC.CCC(C)C.N#COc1ccccc1-c1cc(F)c(-c2ccccc2)cc1F. The van der Waals surface area contributed by atoms with E-state index in [1.54, 1.807) is 48.7 Å². The monoisotopic (exact) mass is 409 g/mol. The molecule has 0 bridgehead atoms. The maximum absolute atomic E-state index is 14.5. The molecule has 0 amide bonds.